The van der Waals surface area contributed by atoms with E-state index < -0.39 is 10.7 Å². The molecule has 0 saturated heterocycles. The highest BCUT2D eigenvalue weighted by Gasteiger charge is 2.09. The molecule has 0 amide bonds. The van der Waals surface area contributed by atoms with E-state index in [2.05, 4.69) is 10.3 Å². The van der Waals surface area contributed by atoms with E-state index in [1.807, 2.05) is 10.8 Å². The number of imidazole rings is 1. The van der Waals surface area contributed by atoms with Crippen LogP contribution in [0.2, 0.25) is 0 Å². The van der Waals surface area contributed by atoms with Crippen LogP contribution in [-0.4, -0.2) is 21.0 Å². The van der Waals surface area contributed by atoms with Gasteiger partial charge in [0.05, 0.1) is 17.3 Å². The Morgan fingerprint density at radius 2 is 2.19 bits per heavy atom. The van der Waals surface area contributed by atoms with Crippen molar-refractivity contribution < 1.29 is 9.31 Å². The number of benzene rings is 1. The molecular weight excluding hydrogens is 275 g/mol. The van der Waals surface area contributed by atoms with Crippen LogP contribution in [0.1, 0.15) is 18.4 Å². The maximum atomic E-state index is 13.2. The largest absolute Gasteiger partial charge is 0.337 e. The average Bonchev–Trinajstić information content (AvgIpc) is 2.95. The molecule has 0 spiro atoms. The van der Waals surface area contributed by atoms with Gasteiger partial charge in [-0.3, -0.25) is 10.1 Å². The lowest BCUT2D eigenvalue weighted by molar-refractivity contribution is -0.385. The van der Waals surface area contributed by atoms with E-state index in [0.29, 0.717) is 12.1 Å². The molecule has 2 aromatic rings. The number of non-ortho nitro benzene ring substituents is 1. The first-order valence-electron chi connectivity index (χ1n) is 6.75. The molecule has 0 unspecified atom stereocenters. The second-order valence-electron chi connectivity index (χ2n) is 4.76. The Bertz CT molecular complexity index is 587. The predicted octanol–water partition coefficient (Wildman–Crippen LogP) is 2.50. The highest BCUT2D eigenvalue weighted by Crippen LogP contribution is 2.16. The van der Waals surface area contributed by atoms with Crippen LogP contribution in [-0.2, 0) is 13.1 Å². The van der Waals surface area contributed by atoms with Crippen molar-refractivity contribution in [2.24, 2.45) is 0 Å². The maximum absolute atomic E-state index is 13.2. The van der Waals surface area contributed by atoms with Gasteiger partial charge in [-0.1, -0.05) is 0 Å². The van der Waals surface area contributed by atoms with E-state index in [0.717, 1.165) is 32.0 Å². The molecular formula is C14H17FN4O2. The van der Waals surface area contributed by atoms with Gasteiger partial charge in [-0.2, -0.15) is 0 Å². The zero-order chi connectivity index (χ0) is 15.1. The molecule has 21 heavy (non-hydrogen) atoms. The van der Waals surface area contributed by atoms with Crippen molar-refractivity contribution in [2.45, 2.75) is 25.9 Å². The van der Waals surface area contributed by atoms with Crippen molar-refractivity contribution in [3.63, 3.8) is 0 Å². The van der Waals surface area contributed by atoms with Crippen molar-refractivity contribution in [3.05, 3.63) is 58.4 Å². The highest BCUT2D eigenvalue weighted by molar-refractivity contribution is 5.35. The number of rotatable bonds is 8. The quantitative estimate of drug-likeness (QED) is 0.461. The summed E-state index contributed by atoms with van der Waals surface area (Å²) in [6.07, 6.45) is 7.41. The lowest BCUT2D eigenvalue weighted by Crippen LogP contribution is -2.15. The predicted molar refractivity (Wildman–Crippen MR) is 76.2 cm³/mol. The molecule has 0 atom stereocenters. The minimum Gasteiger partial charge on any atom is -0.337 e. The van der Waals surface area contributed by atoms with Gasteiger partial charge in [0.15, 0.2) is 0 Å². The molecule has 1 aromatic carbocycles. The van der Waals surface area contributed by atoms with Crippen molar-refractivity contribution in [2.75, 3.05) is 6.54 Å². The number of nitro benzene ring substituents is 1. The highest BCUT2D eigenvalue weighted by atomic mass is 19.1. The lowest BCUT2D eigenvalue weighted by Gasteiger charge is -2.06. The number of nitro groups is 1. The molecule has 112 valence electrons. The number of aryl methyl sites for hydroxylation is 1. The summed E-state index contributed by atoms with van der Waals surface area (Å²) >= 11 is 0. The van der Waals surface area contributed by atoms with Gasteiger partial charge in [0.1, 0.15) is 5.82 Å². The van der Waals surface area contributed by atoms with E-state index in [-0.39, 0.29) is 5.69 Å². The Kier molecular flexibility index (Phi) is 5.39. The lowest BCUT2D eigenvalue weighted by atomic mass is 10.2. The fourth-order valence-electron chi connectivity index (χ4n) is 2.04. The molecule has 0 aliphatic heterocycles. The molecule has 2 rings (SSSR count). The van der Waals surface area contributed by atoms with Crippen LogP contribution in [0.4, 0.5) is 10.1 Å². The second kappa shape index (κ2) is 7.49. The Hall–Kier alpha value is -2.28. The smallest absolute Gasteiger partial charge is 0.272 e. The molecule has 7 heteroatoms. The zero-order valence-electron chi connectivity index (χ0n) is 11.5. The number of aromatic nitrogens is 2. The Balaban J connectivity index is 1.69. The number of hydrogen-bond donors (Lipinski definition) is 1. The van der Waals surface area contributed by atoms with E-state index in [1.54, 1.807) is 12.5 Å². The van der Waals surface area contributed by atoms with Gasteiger partial charge in [0, 0.05) is 31.5 Å². The first kappa shape index (κ1) is 15.1. The average molecular weight is 292 g/mol. The summed E-state index contributed by atoms with van der Waals surface area (Å²) in [5.41, 5.74) is 0.364. The summed E-state index contributed by atoms with van der Waals surface area (Å²) in [5.74, 6) is -0.582. The summed E-state index contributed by atoms with van der Waals surface area (Å²) in [7, 11) is 0. The third-order valence-corrected chi connectivity index (χ3v) is 3.06. The molecule has 0 fully saturated rings. The molecule has 0 aliphatic rings. The van der Waals surface area contributed by atoms with E-state index in [9.17, 15) is 14.5 Å². The minimum atomic E-state index is -0.586. The number of hydrogen-bond acceptors (Lipinski definition) is 4. The van der Waals surface area contributed by atoms with Crippen LogP contribution in [0.3, 0.4) is 0 Å². The third-order valence-electron chi connectivity index (χ3n) is 3.06. The summed E-state index contributed by atoms with van der Waals surface area (Å²) in [5, 5.41) is 13.8. The zero-order valence-corrected chi connectivity index (χ0v) is 11.5. The number of nitrogens with zero attached hydrogens (tertiary/aromatic N) is 3. The van der Waals surface area contributed by atoms with Gasteiger partial charge < -0.3 is 9.88 Å². The van der Waals surface area contributed by atoms with Crippen LogP contribution < -0.4 is 5.32 Å². The Morgan fingerprint density at radius 1 is 1.33 bits per heavy atom. The molecule has 0 radical (unpaired) electrons. The summed E-state index contributed by atoms with van der Waals surface area (Å²) < 4.78 is 15.2. The Morgan fingerprint density at radius 3 is 2.90 bits per heavy atom. The first-order chi connectivity index (χ1) is 10.1. The molecule has 1 N–H and O–H groups in total. The normalized spacial score (nSPS) is 10.7. The fraction of sp³-hybridized carbons (Fsp3) is 0.357. The van der Waals surface area contributed by atoms with E-state index in [1.165, 1.54) is 12.1 Å². The number of unbranched alkanes of at least 4 members (excludes halogenated alkanes) is 1. The number of nitrogens with one attached hydrogen (secondary N) is 1. The van der Waals surface area contributed by atoms with Crippen molar-refractivity contribution in [1.82, 2.24) is 14.9 Å². The molecule has 0 saturated carbocycles. The van der Waals surface area contributed by atoms with Crippen LogP contribution >= 0.6 is 0 Å². The van der Waals surface area contributed by atoms with Crippen LogP contribution in [0.5, 0.6) is 0 Å². The standard InChI is InChI=1S/C14H17FN4O2/c15-13-7-12(8-14(9-13)19(20)21)10-16-3-1-2-5-18-6-4-17-11-18/h4,6-9,11,16H,1-3,5,10H2. The third kappa shape index (κ3) is 4.96. The molecule has 6 nitrogen and oxygen atoms in total. The number of halogens is 1. The SMILES string of the molecule is O=[N+]([O-])c1cc(F)cc(CNCCCCn2ccnc2)c1. The van der Waals surface area contributed by atoms with Crippen molar-refractivity contribution >= 4 is 5.69 Å². The minimum absolute atomic E-state index is 0.216. The van der Waals surface area contributed by atoms with Gasteiger partial charge in [-0.25, -0.2) is 9.37 Å². The van der Waals surface area contributed by atoms with Gasteiger partial charge in [0.25, 0.3) is 5.69 Å². The van der Waals surface area contributed by atoms with E-state index in [4.69, 9.17) is 0 Å². The van der Waals surface area contributed by atoms with Gasteiger partial charge >= 0.3 is 0 Å². The van der Waals surface area contributed by atoms with E-state index >= 15 is 0 Å². The van der Waals surface area contributed by atoms with Gasteiger partial charge in [0.2, 0.25) is 0 Å². The monoisotopic (exact) mass is 292 g/mol. The second-order valence-corrected chi connectivity index (χ2v) is 4.76. The Labute approximate surface area is 121 Å². The van der Waals surface area contributed by atoms with Gasteiger partial charge in [-0.05, 0) is 31.0 Å². The summed E-state index contributed by atoms with van der Waals surface area (Å²) in [6.45, 7) is 2.11. The fourth-order valence-corrected chi connectivity index (χ4v) is 2.04. The van der Waals surface area contributed by atoms with Crippen molar-refractivity contribution in [1.29, 1.82) is 0 Å². The summed E-state index contributed by atoms with van der Waals surface area (Å²) in [6, 6.07) is 3.63. The van der Waals surface area contributed by atoms with Crippen LogP contribution in [0.25, 0.3) is 0 Å². The van der Waals surface area contributed by atoms with Crippen LogP contribution in [0.15, 0.2) is 36.9 Å². The van der Waals surface area contributed by atoms with Gasteiger partial charge in [-0.15, -0.1) is 0 Å². The molecule has 1 heterocycles. The van der Waals surface area contributed by atoms with Crippen LogP contribution in [0, 0.1) is 15.9 Å². The van der Waals surface area contributed by atoms with Crippen molar-refractivity contribution in [3.8, 4) is 0 Å². The topological polar surface area (TPSA) is 73.0 Å². The maximum Gasteiger partial charge on any atom is 0.272 e. The molecule has 0 aliphatic carbocycles. The summed E-state index contributed by atoms with van der Waals surface area (Å²) in [4.78, 5) is 14.0. The first-order valence-corrected chi connectivity index (χ1v) is 6.75. The molecule has 0 bridgehead atoms. The molecule has 1 aromatic heterocycles.